The van der Waals surface area contributed by atoms with Crippen LogP contribution in [0.1, 0.15) is 49.4 Å². The topological polar surface area (TPSA) is 38.8 Å². The number of carbonyl (C=O) groups excluding carboxylic acids is 1. The van der Waals surface area contributed by atoms with Crippen molar-refractivity contribution < 1.29 is 14.3 Å². The van der Waals surface area contributed by atoms with Crippen LogP contribution in [-0.2, 0) is 22.4 Å². The van der Waals surface area contributed by atoms with E-state index in [2.05, 4.69) is 24.0 Å². The molecule has 0 aromatic heterocycles. The first kappa shape index (κ1) is 20.4. The van der Waals surface area contributed by atoms with Crippen molar-refractivity contribution in [2.45, 2.75) is 51.6 Å². The van der Waals surface area contributed by atoms with E-state index in [1.807, 2.05) is 43.3 Å². The minimum absolute atomic E-state index is 0.154. The van der Waals surface area contributed by atoms with Crippen LogP contribution >= 0.6 is 0 Å². The summed E-state index contributed by atoms with van der Waals surface area (Å²) in [4.78, 5) is 15.3. The summed E-state index contributed by atoms with van der Waals surface area (Å²) in [6.45, 7) is 5.29. The molecule has 1 aliphatic carbocycles. The average Bonchev–Trinajstić information content (AvgIpc) is 2.73. The number of benzene rings is 2. The molecule has 0 aliphatic heterocycles. The Morgan fingerprint density at radius 2 is 1.93 bits per heavy atom. The van der Waals surface area contributed by atoms with Crippen molar-refractivity contribution in [3.63, 3.8) is 0 Å². The van der Waals surface area contributed by atoms with Crippen molar-refractivity contribution in [1.82, 2.24) is 4.90 Å². The first-order chi connectivity index (χ1) is 13.7. The lowest BCUT2D eigenvalue weighted by atomic mass is 9.85. The Bertz CT molecular complexity index is 775. The highest BCUT2D eigenvalue weighted by Crippen LogP contribution is 2.35. The molecule has 0 saturated carbocycles. The zero-order valence-electron chi connectivity index (χ0n) is 17.2. The van der Waals surface area contributed by atoms with Crippen LogP contribution in [-0.4, -0.2) is 37.2 Å². The van der Waals surface area contributed by atoms with E-state index in [0.717, 1.165) is 43.5 Å². The van der Waals surface area contributed by atoms with Gasteiger partial charge < -0.3 is 9.47 Å². The smallest absolute Gasteiger partial charge is 0.328 e. The molecule has 4 nitrogen and oxygen atoms in total. The van der Waals surface area contributed by atoms with Gasteiger partial charge in [0.25, 0.3) is 0 Å². The third-order valence-corrected chi connectivity index (χ3v) is 5.54. The molecule has 2 aromatic rings. The summed E-state index contributed by atoms with van der Waals surface area (Å²) in [5, 5.41) is 0. The fraction of sp³-hybridized carbons (Fsp3) is 0.458. The number of hydrogen-bond acceptors (Lipinski definition) is 4. The maximum atomic E-state index is 13.0. The lowest BCUT2D eigenvalue weighted by Gasteiger charge is -2.39. The highest BCUT2D eigenvalue weighted by atomic mass is 16.5. The average molecular weight is 382 g/mol. The Hall–Kier alpha value is -2.33. The van der Waals surface area contributed by atoms with Crippen LogP contribution in [0, 0.1) is 0 Å². The van der Waals surface area contributed by atoms with Crippen molar-refractivity contribution >= 4 is 5.97 Å². The van der Waals surface area contributed by atoms with Crippen molar-refractivity contribution in [3.8, 4) is 5.75 Å². The number of nitrogens with zero attached hydrogens (tertiary/aromatic N) is 1. The zero-order valence-corrected chi connectivity index (χ0v) is 17.2. The van der Waals surface area contributed by atoms with Crippen LogP contribution in [0.2, 0.25) is 0 Å². The maximum absolute atomic E-state index is 13.0. The van der Waals surface area contributed by atoms with Gasteiger partial charge in [0.15, 0.2) is 0 Å². The van der Waals surface area contributed by atoms with Gasteiger partial charge in [0.1, 0.15) is 11.8 Å². The fourth-order valence-electron chi connectivity index (χ4n) is 4.33. The van der Waals surface area contributed by atoms with E-state index in [4.69, 9.17) is 9.47 Å². The number of methoxy groups -OCH3 is 1. The Balaban J connectivity index is 1.93. The molecule has 1 unspecified atom stereocenters. The number of carbonyl (C=O) groups is 1. The second-order valence-electron chi connectivity index (χ2n) is 7.30. The predicted molar refractivity (Wildman–Crippen MR) is 112 cm³/mol. The minimum Gasteiger partial charge on any atom is -0.496 e. The summed E-state index contributed by atoms with van der Waals surface area (Å²) in [5.41, 5.74) is 3.64. The molecule has 0 fully saturated rings. The SMILES string of the molecule is CCCN(C(C(=O)OCC)c1ccccc1)[C@H]1CCc2c(cccc2OC)C1. The molecule has 0 saturated heterocycles. The van der Waals surface area contributed by atoms with E-state index in [0.29, 0.717) is 12.6 Å². The summed E-state index contributed by atoms with van der Waals surface area (Å²) in [6.07, 6.45) is 3.89. The number of ether oxygens (including phenoxy) is 2. The van der Waals surface area contributed by atoms with E-state index < -0.39 is 0 Å². The molecule has 0 bridgehead atoms. The summed E-state index contributed by atoms with van der Waals surface area (Å²) in [5.74, 6) is 0.821. The zero-order chi connectivity index (χ0) is 19.9. The van der Waals surface area contributed by atoms with Crippen LogP contribution in [0.4, 0.5) is 0 Å². The molecule has 0 spiro atoms. The van der Waals surface area contributed by atoms with E-state index in [-0.39, 0.29) is 12.0 Å². The number of rotatable bonds is 8. The van der Waals surface area contributed by atoms with E-state index >= 15 is 0 Å². The van der Waals surface area contributed by atoms with E-state index in [1.165, 1.54) is 11.1 Å². The third-order valence-electron chi connectivity index (χ3n) is 5.54. The van der Waals surface area contributed by atoms with Crippen LogP contribution in [0.15, 0.2) is 48.5 Å². The molecule has 0 amide bonds. The number of hydrogen-bond donors (Lipinski definition) is 0. The van der Waals surface area contributed by atoms with Gasteiger partial charge in [-0.3, -0.25) is 4.90 Å². The lowest BCUT2D eigenvalue weighted by molar-refractivity contribution is -0.151. The number of fused-ring (bicyclic) bond motifs is 1. The normalized spacial score (nSPS) is 17.1. The molecule has 0 heterocycles. The van der Waals surface area contributed by atoms with Crippen molar-refractivity contribution in [3.05, 3.63) is 65.2 Å². The van der Waals surface area contributed by atoms with Crippen LogP contribution in [0.5, 0.6) is 5.75 Å². The van der Waals surface area contributed by atoms with Crippen LogP contribution in [0.25, 0.3) is 0 Å². The Morgan fingerprint density at radius 1 is 1.14 bits per heavy atom. The molecular weight excluding hydrogens is 350 g/mol. The molecule has 2 atom stereocenters. The lowest BCUT2D eigenvalue weighted by Crippen LogP contribution is -2.45. The molecule has 4 heteroatoms. The molecule has 3 rings (SSSR count). The molecule has 150 valence electrons. The van der Waals surface area contributed by atoms with Gasteiger partial charge in [-0.1, -0.05) is 49.4 Å². The molecule has 0 radical (unpaired) electrons. The molecule has 2 aromatic carbocycles. The van der Waals surface area contributed by atoms with Crippen molar-refractivity contribution in [1.29, 1.82) is 0 Å². The van der Waals surface area contributed by atoms with Gasteiger partial charge >= 0.3 is 5.97 Å². The van der Waals surface area contributed by atoms with Crippen molar-refractivity contribution in [2.75, 3.05) is 20.3 Å². The van der Waals surface area contributed by atoms with Crippen LogP contribution < -0.4 is 4.74 Å². The van der Waals surface area contributed by atoms with Gasteiger partial charge in [0.2, 0.25) is 0 Å². The number of esters is 1. The quantitative estimate of drug-likeness (QED) is 0.628. The van der Waals surface area contributed by atoms with Crippen molar-refractivity contribution in [2.24, 2.45) is 0 Å². The fourth-order valence-corrected chi connectivity index (χ4v) is 4.33. The van der Waals surface area contributed by atoms with Gasteiger partial charge in [-0.2, -0.15) is 0 Å². The molecular formula is C24H31NO3. The summed E-state index contributed by atoms with van der Waals surface area (Å²) in [6, 6.07) is 16.3. The maximum Gasteiger partial charge on any atom is 0.328 e. The van der Waals surface area contributed by atoms with Gasteiger partial charge in [0.05, 0.1) is 13.7 Å². The van der Waals surface area contributed by atoms with Gasteiger partial charge in [0, 0.05) is 6.04 Å². The Kier molecular flexibility index (Phi) is 7.10. The molecule has 28 heavy (non-hydrogen) atoms. The standard InChI is InChI=1S/C24H31NO3/c1-4-16-25(23(24(26)28-5-2)18-10-7-6-8-11-18)20-14-15-21-19(17-20)12-9-13-22(21)27-3/h6-13,20,23H,4-5,14-17H2,1-3H3/t20-,23?/m0/s1. The second-order valence-corrected chi connectivity index (χ2v) is 7.30. The summed E-state index contributed by atoms with van der Waals surface area (Å²) < 4.78 is 11.0. The van der Waals surface area contributed by atoms with Gasteiger partial charge in [-0.05, 0) is 61.9 Å². The first-order valence-corrected chi connectivity index (χ1v) is 10.3. The molecule has 0 N–H and O–H groups in total. The highest BCUT2D eigenvalue weighted by Gasteiger charge is 2.35. The van der Waals surface area contributed by atoms with Gasteiger partial charge in [-0.15, -0.1) is 0 Å². The van der Waals surface area contributed by atoms with Gasteiger partial charge in [-0.25, -0.2) is 4.79 Å². The van der Waals surface area contributed by atoms with Crippen LogP contribution in [0.3, 0.4) is 0 Å². The largest absolute Gasteiger partial charge is 0.496 e. The Morgan fingerprint density at radius 3 is 2.61 bits per heavy atom. The molecule has 1 aliphatic rings. The minimum atomic E-state index is -0.363. The third kappa shape index (κ3) is 4.39. The Labute approximate surface area is 168 Å². The monoisotopic (exact) mass is 381 g/mol. The predicted octanol–water partition coefficient (Wildman–Crippen LogP) is 4.57. The summed E-state index contributed by atoms with van der Waals surface area (Å²) >= 11 is 0. The summed E-state index contributed by atoms with van der Waals surface area (Å²) in [7, 11) is 1.73. The van der Waals surface area contributed by atoms with E-state index in [1.54, 1.807) is 7.11 Å². The highest BCUT2D eigenvalue weighted by molar-refractivity contribution is 5.77. The second kappa shape index (κ2) is 9.74. The first-order valence-electron chi connectivity index (χ1n) is 10.3. The van der Waals surface area contributed by atoms with E-state index in [9.17, 15) is 4.79 Å².